The molecule has 0 fully saturated rings. The van der Waals surface area contributed by atoms with Crippen molar-refractivity contribution in [1.29, 1.82) is 0 Å². The Morgan fingerprint density at radius 2 is 1.60 bits per heavy atom. The van der Waals surface area contributed by atoms with E-state index in [2.05, 4.69) is 6.58 Å². The fraction of sp³-hybridized carbons (Fsp3) is 0.333. The Morgan fingerprint density at radius 1 is 1.60 bits per heavy atom. The van der Waals surface area contributed by atoms with Crippen LogP contribution in [0.1, 0.15) is 6.92 Å². The van der Waals surface area contributed by atoms with Crippen molar-refractivity contribution in [1.82, 2.24) is 0 Å². The summed E-state index contributed by atoms with van der Waals surface area (Å²) >= 11 is 0. The van der Waals surface area contributed by atoms with Gasteiger partial charge in [-0.3, -0.25) is 0 Å². The number of hydrogen-bond donors (Lipinski definition) is 0. The Kier molecular flexibility index (Phi) is 59.6. The van der Waals surface area contributed by atoms with Crippen molar-refractivity contribution in [2.24, 2.45) is 0 Å². The molecule has 5 heavy (non-hydrogen) atoms. The van der Waals surface area contributed by atoms with Crippen LogP contribution in [0.15, 0.2) is 12.7 Å². The van der Waals surface area contributed by atoms with Crippen LogP contribution in [0.3, 0.4) is 0 Å². The fourth-order valence-corrected chi connectivity index (χ4v) is 0. The zero-order chi connectivity index (χ0) is 2.71. The van der Waals surface area contributed by atoms with Gasteiger partial charge in [-0.15, -0.1) is 6.58 Å². The van der Waals surface area contributed by atoms with Crippen molar-refractivity contribution < 1.29 is 56.9 Å². The Balaban J connectivity index is -0.0000000200. The average molecular weight is 98.2 g/mol. The van der Waals surface area contributed by atoms with Crippen molar-refractivity contribution in [3.8, 4) is 0 Å². The van der Waals surface area contributed by atoms with E-state index in [-0.39, 0.29) is 56.9 Å². The van der Waals surface area contributed by atoms with Gasteiger partial charge >= 0.3 is 51.4 Å². The molecule has 1 N–H and O–H groups in total. The van der Waals surface area contributed by atoms with E-state index < -0.39 is 0 Å². The van der Waals surface area contributed by atoms with Crippen molar-refractivity contribution in [3.05, 3.63) is 12.7 Å². The van der Waals surface area contributed by atoms with Crippen LogP contribution in [0.5, 0.6) is 0 Å². The molecule has 0 aliphatic rings. The summed E-state index contributed by atoms with van der Waals surface area (Å²) in [5.41, 5.74) is 0. The molecule has 0 rings (SSSR count). The SMILES string of the molecule is C=CC.[K+].[OH-]. The van der Waals surface area contributed by atoms with Gasteiger partial charge in [0, 0.05) is 0 Å². The fourth-order valence-electron chi connectivity index (χ4n) is 0. The minimum Gasteiger partial charge on any atom is -0.870 e. The van der Waals surface area contributed by atoms with Crippen LogP contribution in [0.2, 0.25) is 0 Å². The molecule has 0 bridgehead atoms. The van der Waals surface area contributed by atoms with Gasteiger partial charge in [0.05, 0.1) is 0 Å². The second-order valence-electron chi connectivity index (χ2n) is 0.408. The van der Waals surface area contributed by atoms with Crippen molar-refractivity contribution in [2.75, 3.05) is 0 Å². The van der Waals surface area contributed by atoms with Gasteiger partial charge in [-0.05, 0) is 6.92 Å². The summed E-state index contributed by atoms with van der Waals surface area (Å²) in [7, 11) is 0. The molecule has 0 amide bonds. The molecule has 0 spiro atoms. The van der Waals surface area contributed by atoms with Crippen molar-refractivity contribution in [3.63, 3.8) is 0 Å². The second-order valence-corrected chi connectivity index (χ2v) is 0.408. The van der Waals surface area contributed by atoms with E-state index in [1.165, 1.54) is 0 Å². The van der Waals surface area contributed by atoms with Gasteiger partial charge in [-0.2, -0.15) is 0 Å². The summed E-state index contributed by atoms with van der Waals surface area (Å²) in [6.45, 7) is 5.25. The van der Waals surface area contributed by atoms with E-state index in [1.807, 2.05) is 6.92 Å². The molecule has 2 heteroatoms. The molecule has 0 atom stereocenters. The third-order valence-electron chi connectivity index (χ3n) is 0. The van der Waals surface area contributed by atoms with Crippen LogP contribution in [0.25, 0.3) is 0 Å². The molecule has 0 aliphatic carbocycles. The van der Waals surface area contributed by atoms with Crippen LogP contribution in [0, 0.1) is 0 Å². The van der Waals surface area contributed by atoms with Crippen molar-refractivity contribution in [2.45, 2.75) is 6.92 Å². The standard InChI is InChI=1S/C3H6.K.H2O/c1-3-2;;/h3H,1H2,2H3;;1H2/q;+1;/p-1. The van der Waals surface area contributed by atoms with E-state index in [1.54, 1.807) is 6.08 Å². The van der Waals surface area contributed by atoms with E-state index in [0.29, 0.717) is 0 Å². The normalized spacial score (nSPS) is 2.60. The number of rotatable bonds is 0. The molecule has 0 unspecified atom stereocenters. The summed E-state index contributed by atoms with van der Waals surface area (Å²) in [5.74, 6) is 0. The minimum absolute atomic E-state index is 0. The molecule has 0 radical (unpaired) electrons. The first-order chi connectivity index (χ1) is 1.41. The molecule has 0 aromatic carbocycles. The summed E-state index contributed by atoms with van der Waals surface area (Å²) in [6.07, 6.45) is 1.75. The van der Waals surface area contributed by atoms with Crippen LogP contribution >= 0.6 is 0 Å². The van der Waals surface area contributed by atoms with Gasteiger partial charge < -0.3 is 5.48 Å². The molecule has 0 saturated carbocycles. The Labute approximate surface area is 75.2 Å². The largest absolute Gasteiger partial charge is 1.00 e. The first kappa shape index (κ1) is 16.2. The molecular formula is C3H7KO. The zero-order valence-corrected chi connectivity index (χ0v) is 6.85. The summed E-state index contributed by atoms with van der Waals surface area (Å²) in [6, 6.07) is 0. The quantitative estimate of drug-likeness (QED) is 0.255. The van der Waals surface area contributed by atoms with Gasteiger partial charge in [0.25, 0.3) is 0 Å². The molecule has 1 nitrogen and oxygen atoms in total. The monoisotopic (exact) mass is 98.0 g/mol. The third-order valence-corrected chi connectivity index (χ3v) is 0. The molecule has 26 valence electrons. The first-order valence-corrected chi connectivity index (χ1v) is 0.986. The number of hydrogen-bond acceptors (Lipinski definition) is 1. The molecule has 0 heterocycles. The zero-order valence-electron chi connectivity index (χ0n) is 3.73. The summed E-state index contributed by atoms with van der Waals surface area (Å²) < 4.78 is 0. The minimum atomic E-state index is 0. The van der Waals surface area contributed by atoms with E-state index in [4.69, 9.17) is 0 Å². The van der Waals surface area contributed by atoms with Gasteiger partial charge in [-0.25, -0.2) is 0 Å². The topological polar surface area (TPSA) is 30.0 Å². The smallest absolute Gasteiger partial charge is 0.870 e. The van der Waals surface area contributed by atoms with E-state index in [0.717, 1.165) is 0 Å². The maximum atomic E-state index is 3.36. The first-order valence-electron chi connectivity index (χ1n) is 0.986. The van der Waals surface area contributed by atoms with Crippen LogP contribution < -0.4 is 51.4 Å². The van der Waals surface area contributed by atoms with E-state index >= 15 is 0 Å². The molecule has 0 aromatic rings. The third kappa shape index (κ3) is 33.3. The Hall–Kier alpha value is 1.34. The van der Waals surface area contributed by atoms with Gasteiger partial charge in [-0.1, -0.05) is 6.08 Å². The summed E-state index contributed by atoms with van der Waals surface area (Å²) in [5, 5.41) is 0. The maximum absolute atomic E-state index is 3.36. The average Bonchev–Trinajstić information content (AvgIpc) is 0.918. The van der Waals surface area contributed by atoms with Gasteiger partial charge in [0.1, 0.15) is 0 Å². The molecule has 0 aliphatic heterocycles. The second kappa shape index (κ2) is 18.4. The van der Waals surface area contributed by atoms with Crippen LogP contribution in [-0.4, -0.2) is 5.48 Å². The predicted molar refractivity (Wildman–Crippen MR) is 17.8 cm³/mol. The molecule has 0 saturated heterocycles. The maximum Gasteiger partial charge on any atom is 1.00 e. The predicted octanol–water partition coefficient (Wildman–Crippen LogP) is -1.98. The van der Waals surface area contributed by atoms with Gasteiger partial charge in [0.2, 0.25) is 0 Å². The van der Waals surface area contributed by atoms with Crippen LogP contribution in [0.4, 0.5) is 0 Å². The molecular weight excluding hydrogens is 91.1 g/mol. The number of allylic oxidation sites excluding steroid dienone is 1. The summed E-state index contributed by atoms with van der Waals surface area (Å²) in [4.78, 5) is 0. The van der Waals surface area contributed by atoms with Gasteiger partial charge in [0.15, 0.2) is 0 Å². The van der Waals surface area contributed by atoms with Crippen molar-refractivity contribution >= 4 is 0 Å². The van der Waals surface area contributed by atoms with E-state index in [9.17, 15) is 0 Å². The Morgan fingerprint density at radius 3 is 1.60 bits per heavy atom. The van der Waals surface area contributed by atoms with Crippen LogP contribution in [-0.2, 0) is 0 Å². The Bertz CT molecular complexity index is 14.4. The molecule has 0 aromatic heterocycles.